The molecular formula is C26H18FN2O7PS2. The highest BCUT2D eigenvalue weighted by molar-refractivity contribution is 8.55. The summed E-state index contributed by atoms with van der Waals surface area (Å²) >= 11 is 0.654. The van der Waals surface area contributed by atoms with E-state index in [1.807, 2.05) is 0 Å². The quantitative estimate of drug-likeness (QED) is 0.128. The van der Waals surface area contributed by atoms with E-state index in [1.165, 1.54) is 42.5 Å². The number of ketones is 1. The Balaban J connectivity index is 1.47. The third kappa shape index (κ3) is 5.84. The van der Waals surface area contributed by atoms with Gasteiger partial charge in [-0.1, -0.05) is 12.1 Å². The number of nitrogens with zero attached hydrogens (tertiary/aromatic N) is 2. The number of para-hydroxylation sites is 1. The number of nitro groups is 1. The number of halogens is 1. The van der Waals surface area contributed by atoms with Crippen LogP contribution < -0.4 is 4.52 Å². The summed E-state index contributed by atoms with van der Waals surface area (Å²) in [5.74, 6) is -1.01. The van der Waals surface area contributed by atoms with Crippen molar-refractivity contribution in [3.63, 3.8) is 0 Å². The maximum absolute atomic E-state index is 14.0. The zero-order valence-corrected chi connectivity index (χ0v) is 22.6. The van der Waals surface area contributed by atoms with Gasteiger partial charge in [0.05, 0.1) is 31.8 Å². The van der Waals surface area contributed by atoms with Crippen LogP contribution >= 0.6 is 18.2 Å². The molecule has 3 aromatic carbocycles. The number of aromatic nitrogens is 1. The van der Waals surface area contributed by atoms with Gasteiger partial charge >= 0.3 is 6.80 Å². The number of nitro benzene ring substituents is 1. The first-order valence-corrected chi connectivity index (χ1v) is 15.8. The first-order valence-electron chi connectivity index (χ1n) is 11.3. The Bertz CT molecular complexity index is 1710. The molecule has 198 valence electrons. The molecule has 5 rings (SSSR count). The van der Waals surface area contributed by atoms with Crippen molar-refractivity contribution in [2.24, 2.45) is 0 Å². The molecule has 0 aliphatic heterocycles. The molecule has 0 saturated carbocycles. The zero-order valence-electron chi connectivity index (χ0n) is 20.1. The van der Waals surface area contributed by atoms with Gasteiger partial charge in [-0.25, -0.2) is 13.9 Å². The van der Waals surface area contributed by atoms with Gasteiger partial charge in [-0.2, -0.15) is 0 Å². The van der Waals surface area contributed by atoms with E-state index < -0.39 is 40.2 Å². The lowest BCUT2D eigenvalue weighted by molar-refractivity contribution is -0.384. The van der Waals surface area contributed by atoms with E-state index >= 15 is 0 Å². The number of hydrogen-bond acceptors (Lipinski definition) is 9. The number of fused-ring (bicyclic) bond motifs is 2. The summed E-state index contributed by atoms with van der Waals surface area (Å²) in [6, 6.07) is 16.8. The van der Waals surface area contributed by atoms with Crippen molar-refractivity contribution in [1.29, 1.82) is 0 Å². The molecule has 4 aromatic rings. The monoisotopic (exact) mass is 584 g/mol. The molecule has 3 atom stereocenters. The Morgan fingerprint density at radius 3 is 2.49 bits per heavy atom. The standard InChI is InChI=1S/C26H18FN2O7PS2/c1-39(34)24-4-2-3-16-15-21-22(28-25(16)24)13-14-23(26(21)30)36-37(33,35-19-9-5-17(27)6-10-19)38-20-11-7-18(8-12-20)29(31)32/h2-15,23H,1H3. The second-order valence-electron chi connectivity index (χ2n) is 8.29. The van der Waals surface area contributed by atoms with Gasteiger partial charge in [0, 0.05) is 45.6 Å². The van der Waals surface area contributed by atoms with Crippen molar-refractivity contribution in [2.45, 2.75) is 15.9 Å². The molecule has 1 heterocycles. The SMILES string of the molecule is CS(=O)c1cccc2cc3c(nc12)C=CC(OP(=O)(Oc1ccc(F)cc1)Sc1ccc([N+](=O)[O-])cc1)C3=O. The van der Waals surface area contributed by atoms with Gasteiger partial charge in [0.2, 0.25) is 0 Å². The van der Waals surface area contributed by atoms with E-state index in [-0.39, 0.29) is 17.0 Å². The van der Waals surface area contributed by atoms with Crippen LogP contribution in [0.25, 0.3) is 17.0 Å². The average molecular weight is 585 g/mol. The van der Waals surface area contributed by atoms with E-state index in [4.69, 9.17) is 9.05 Å². The molecule has 3 unspecified atom stereocenters. The molecule has 0 fully saturated rings. The fourth-order valence-electron chi connectivity index (χ4n) is 3.83. The van der Waals surface area contributed by atoms with Gasteiger partial charge in [-0.05, 0) is 60.7 Å². The molecule has 0 N–H and O–H groups in total. The summed E-state index contributed by atoms with van der Waals surface area (Å²) in [6.07, 6.45) is 3.18. The zero-order chi connectivity index (χ0) is 27.7. The number of Topliss-reactive ketones (excluding diaryl/α,β-unsaturated/α-hetero) is 1. The maximum Gasteiger partial charge on any atom is 0.445 e. The van der Waals surface area contributed by atoms with Gasteiger partial charge in [-0.3, -0.25) is 23.6 Å². The fraction of sp³-hybridized carbons (Fsp3) is 0.0769. The molecule has 0 spiro atoms. The van der Waals surface area contributed by atoms with Crippen LogP contribution in [-0.2, 0) is 19.9 Å². The van der Waals surface area contributed by atoms with Crippen LogP contribution in [0.1, 0.15) is 16.1 Å². The normalized spacial score (nSPS) is 16.9. The molecule has 0 radical (unpaired) electrons. The van der Waals surface area contributed by atoms with Crippen molar-refractivity contribution in [2.75, 3.05) is 6.26 Å². The number of carbonyl (C=O) groups is 1. The number of pyridine rings is 1. The number of benzene rings is 3. The fourth-order valence-corrected chi connectivity index (χ4v) is 7.91. The van der Waals surface area contributed by atoms with Crippen molar-refractivity contribution >= 4 is 57.4 Å². The second kappa shape index (κ2) is 10.8. The lowest BCUT2D eigenvalue weighted by atomic mass is 9.97. The minimum Gasteiger partial charge on any atom is -0.417 e. The summed E-state index contributed by atoms with van der Waals surface area (Å²) in [7, 11) is -1.29. The van der Waals surface area contributed by atoms with Crippen LogP contribution in [0.2, 0.25) is 0 Å². The highest BCUT2D eigenvalue weighted by Gasteiger charge is 2.37. The molecular weight excluding hydrogens is 566 g/mol. The van der Waals surface area contributed by atoms with E-state index in [0.29, 0.717) is 37.8 Å². The first kappa shape index (κ1) is 26.9. The highest BCUT2D eigenvalue weighted by Crippen LogP contribution is 2.64. The molecule has 13 heteroatoms. The third-order valence-electron chi connectivity index (χ3n) is 5.64. The second-order valence-corrected chi connectivity index (χ2v) is 13.5. The van der Waals surface area contributed by atoms with Gasteiger partial charge < -0.3 is 4.52 Å². The molecule has 0 amide bonds. The molecule has 9 nitrogen and oxygen atoms in total. The van der Waals surface area contributed by atoms with Gasteiger partial charge in [-0.15, -0.1) is 0 Å². The summed E-state index contributed by atoms with van der Waals surface area (Å²) in [5.41, 5.74) is 0.921. The van der Waals surface area contributed by atoms with Gasteiger partial charge in [0.25, 0.3) is 5.69 Å². The van der Waals surface area contributed by atoms with Crippen LogP contribution in [0.4, 0.5) is 10.1 Å². The minimum atomic E-state index is -4.21. The predicted octanol–water partition coefficient (Wildman–Crippen LogP) is 6.59. The third-order valence-corrected chi connectivity index (χ3v) is 10.00. The predicted molar refractivity (Wildman–Crippen MR) is 146 cm³/mol. The minimum absolute atomic E-state index is 0.0366. The lowest BCUT2D eigenvalue weighted by Gasteiger charge is -2.24. The summed E-state index contributed by atoms with van der Waals surface area (Å²) in [6.45, 7) is -4.21. The molecule has 1 aromatic heterocycles. The Hall–Kier alpha value is -3.70. The molecule has 0 bridgehead atoms. The number of carbonyl (C=O) groups excluding carboxylic acids is 1. The van der Waals surface area contributed by atoms with Crippen molar-refractivity contribution in [3.05, 3.63) is 106 Å². The topological polar surface area (TPSA) is 126 Å². The van der Waals surface area contributed by atoms with Gasteiger partial charge in [0.15, 0.2) is 11.9 Å². The Labute approximate surface area is 227 Å². The highest BCUT2D eigenvalue weighted by atomic mass is 32.7. The summed E-state index contributed by atoms with van der Waals surface area (Å²) in [5, 5.41) is 11.6. The number of non-ortho nitro benzene ring substituents is 1. The van der Waals surface area contributed by atoms with E-state index in [1.54, 1.807) is 36.6 Å². The summed E-state index contributed by atoms with van der Waals surface area (Å²) < 4.78 is 51.0. The van der Waals surface area contributed by atoms with Gasteiger partial charge in [0.1, 0.15) is 11.6 Å². The Kier molecular flexibility index (Phi) is 7.46. The molecule has 1 aliphatic carbocycles. The molecule has 0 saturated heterocycles. The van der Waals surface area contributed by atoms with Crippen molar-refractivity contribution in [1.82, 2.24) is 4.98 Å². The van der Waals surface area contributed by atoms with Crippen molar-refractivity contribution in [3.8, 4) is 5.75 Å². The largest absolute Gasteiger partial charge is 0.445 e. The van der Waals surface area contributed by atoms with E-state index in [2.05, 4.69) is 4.98 Å². The van der Waals surface area contributed by atoms with Crippen LogP contribution in [0, 0.1) is 15.9 Å². The molecule has 39 heavy (non-hydrogen) atoms. The van der Waals surface area contributed by atoms with Crippen molar-refractivity contribution < 1.29 is 31.9 Å². The Morgan fingerprint density at radius 2 is 1.82 bits per heavy atom. The number of rotatable bonds is 8. The van der Waals surface area contributed by atoms with Crippen LogP contribution in [0.15, 0.2) is 88.7 Å². The smallest absolute Gasteiger partial charge is 0.417 e. The first-order chi connectivity index (χ1) is 18.6. The van der Waals surface area contributed by atoms with Crippen LogP contribution in [0.5, 0.6) is 5.75 Å². The molecule has 1 aliphatic rings. The van der Waals surface area contributed by atoms with Crippen LogP contribution in [-0.4, -0.2) is 32.3 Å². The van der Waals surface area contributed by atoms with E-state index in [9.17, 15) is 28.1 Å². The number of hydrogen-bond donors (Lipinski definition) is 0. The van der Waals surface area contributed by atoms with E-state index in [0.717, 1.165) is 12.1 Å². The van der Waals surface area contributed by atoms with Crippen LogP contribution in [0.3, 0.4) is 0 Å². The lowest BCUT2D eigenvalue weighted by Crippen LogP contribution is -2.25. The Morgan fingerprint density at radius 1 is 1.10 bits per heavy atom. The average Bonchev–Trinajstić information content (AvgIpc) is 2.90. The summed E-state index contributed by atoms with van der Waals surface area (Å²) in [4.78, 5) is 29.3. The maximum atomic E-state index is 14.0.